The first-order chi connectivity index (χ1) is 6.63. The summed E-state index contributed by atoms with van der Waals surface area (Å²) in [6.07, 6.45) is 2.72. The fraction of sp³-hybridized carbons (Fsp3) is 0.900. The molecule has 90 valence electrons. The highest BCUT2D eigenvalue weighted by Crippen LogP contribution is 2.07. The van der Waals surface area contributed by atoms with Gasteiger partial charge in [0.1, 0.15) is 0 Å². The molecular weight excluding hydrogens is 232 g/mol. The van der Waals surface area contributed by atoms with Crippen LogP contribution in [0.3, 0.4) is 0 Å². The maximum Gasteiger partial charge on any atom is 0.223 e. The van der Waals surface area contributed by atoms with E-state index in [1.54, 1.807) is 11.8 Å². The van der Waals surface area contributed by atoms with Crippen molar-refractivity contribution in [3.05, 3.63) is 0 Å². The molecule has 2 unspecified atom stereocenters. The number of thioether (sulfide) groups is 1. The van der Waals surface area contributed by atoms with E-state index in [1.807, 2.05) is 11.2 Å². The van der Waals surface area contributed by atoms with Gasteiger partial charge in [0.2, 0.25) is 5.91 Å². The molecule has 5 heteroatoms. The maximum absolute atomic E-state index is 11.7. The van der Waals surface area contributed by atoms with E-state index in [1.165, 1.54) is 0 Å². The number of carbonyl (C=O) groups excluding carboxylic acids is 1. The molecule has 1 rings (SSSR count). The molecule has 1 heterocycles. The molecule has 3 nitrogen and oxygen atoms in total. The molecule has 0 aromatic rings. The Morgan fingerprint density at radius 2 is 1.93 bits per heavy atom. The molecule has 0 bridgehead atoms. The van der Waals surface area contributed by atoms with E-state index in [9.17, 15) is 4.79 Å². The van der Waals surface area contributed by atoms with E-state index in [0.717, 1.165) is 18.8 Å². The summed E-state index contributed by atoms with van der Waals surface area (Å²) in [7, 11) is 0. The molecule has 1 saturated heterocycles. The summed E-state index contributed by atoms with van der Waals surface area (Å²) >= 11 is 1.73. The van der Waals surface area contributed by atoms with E-state index < -0.39 is 0 Å². The smallest absolute Gasteiger partial charge is 0.223 e. The first-order valence-electron chi connectivity index (χ1n) is 5.16. The first kappa shape index (κ1) is 15.1. The van der Waals surface area contributed by atoms with Gasteiger partial charge >= 0.3 is 0 Å². The third-order valence-corrected chi connectivity index (χ3v) is 3.04. The Morgan fingerprint density at radius 3 is 2.40 bits per heavy atom. The van der Waals surface area contributed by atoms with Crippen LogP contribution in [0, 0.1) is 0 Å². The highest BCUT2D eigenvalue weighted by Gasteiger charge is 2.23. The Bertz CT molecular complexity index is 194. The molecule has 1 amide bonds. The lowest BCUT2D eigenvalue weighted by Crippen LogP contribution is -2.55. The first-order valence-corrected chi connectivity index (χ1v) is 6.55. The highest BCUT2D eigenvalue weighted by atomic mass is 35.5. The van der Waals surface area contributed by atoms with Gasteiger partial charge in [0.05, 0.1) is 0 Å². The van der Waals surface area contributed by atoms with Crippen molar-refractivity contribution in [1.82, 2.24) is 10.2 Å². The minimum atomic E-state index is 0. The monoisotopic (exact) mass is 252 g/mol. The van der Waals surface area contributed by atoms with Crippen LogP contribution in [0.4, 0.5) is 0 Å². The second-order valence-corrected chi connectivity index (χ2v) is 5.00. The molecule has 0 radical (unpaired) electrons. The van der Waals surface area contributed by atoms with E-state index in [-0.39, 0.29) is 12.4 Å². The Labute approximate surface area is 103 Å². The van der Waals surface area contributed by atoms with Crippen molar-refractivity contribution in [3.63, 3.8) is 0 Å². The number of amides is 1. The van der Waals surface area contributed by atoms with Crippen molar-refractivity contribution in [2.75, 3.05) is 25.1 Å². The fourth-order valence-electron chi connectivity index (χ4n) is 1.88. The largest absolute Gasteiger partial charge is 0.340 e. The number of rotatable bonds is 3. The van der Waals surface area contributed by atoms with Crippen molar-refractivity contribution >= 4 is 30.1 Å². The normalized spacial score (nSPS) is 25.9. The number of nitrogens with zero attached hydrogens (tertiary/aromatic N) is 1. The summed E-state index contributed by atoms with van der Waals surface area (Å²) in [5.74, 6) is 1.24. The zero-order valence-corrected chi connectivity index (χ0v) is 11.3. The fourth-order valence-corrected chi connectivity index (χ4v) is 2.26. The third-order valence-electron chi connectivity index (χ3n) is 2.43. The number of halogens is 1. The van der Waals surface area contributed by atoms with Gasteiger partial charge in [-0.1, -0.05) is 0 Å². The molecule has 0 saturated carbocycles. The van der Waals surface area contributed by atoms with Gasteiger partial charge in [-0.05, 0) is 20.1 Å². The Balaban J connectivity index is 0.00000196. The minimum absolute atomic E-state index is 0. The zero-order valence-electron chi connectivity index (χ0n) is 9.66. The van der Waals surface area contributed by atoms with Gasteiger partial charge in [-0.2, -0.15) is 11.8 Å². The van der Waals surface area contributed by atoms with Crippen LogP contribution in [0.5, 0.6) is 0 Å². The van der Waals surface area contributed by atoms with E-state index >= 15 is 0 Å². The Hall–Kier alpha value is 0.0700. The van der Waals surface area contributed by atoms with Crippen LogP contribution >= 0.6 is 24.2 Å². The molecule has 0 aromatic carbocycles. The quantitative estimate of drug-likeness (QED) is 0.824. The molecule has 2 atom stereocenters. The van der Waals surface area contributed by atoms with Crippen LogP contribution in [0.1, 0.15) is 20.3 Å². The molecule has 1 aliphatic rings. The van der Waals surface area contributed by atoms with E-state index in [0.29, 0.717) is 24.4 Å². The number of hydrogen-bond donors (Lipinski definition) is 1. The Kier molecular flexibility index (Phi) is 7.40. The molecule has 0 aromatic heterocycles. The lowest BCUT2D eigenvalue weighted by molar-refractivity contribution is -0.132. The van der Waals surface area contributed by atoms with Crippen LogP contribution in [0.2, 0.25) is 0 Å². The molecular formula is C10H21ClN2OS. The second kappa shape index (κ2) is 7.36. The lowest BCUT2D eigenvalue weighted by atomic mass is 10.1. The van der Waals surface area contributed by atoms with E-state index in [2.05, 4.69) is 19.2 Å². The number of carbonyl (C=O) groups is 1. The van der Waals surface area contributed by atoms with Crippen molar-refractivity contribution < 1.29 is 4.79 Å². The van der Waals surface area contributed by atoms with Crippen LogP contribution in [0.15, 0.2) is 0 Å². The molecule has 1 N–H and O–H groups in total. The highest BCUT2D eigenvalue weighted by molar-refractivity contribution is 7.98. The topological polar surface area (TPSA) is 32.3 Å². The molecule has 1 fully saturated rings. The second-order valence-electron chi connectivity index (χ2n) is 4.01. The maximum atomic E-state index is 11.7. The van der Waals surface area contributed by atoms with E-state index in [4.69, 9.17) is 0 Å². The van der Waals surface area contributed by atoms with Crippen LogP contribution in [-0.4, -0.2) is 48.0 Å². The van der Waals surface area contributed by atoms with Gasteiger partial charge in [0.25, 0.3) is 0 Å². The number of piperazine rings is 1. The van der Waals surface area contributed by atoms with Gasteiger partial charge in [-0.15, -0.1) is 12.4 Å². The zero-order chi connectivity index (χ0) is 10.6. The van der Waals surface area contributed by atoms with Crippen molar-refractivity contribution in [1.29, 1.82) is 0 Å². The summed E-state index contributed by atoms with van der Waals surface area (Å²) in [6.45, 7) is 5.98. The summed E-state index contributed by atoms with van der Waals surface area (Å²) in [5.41, 5.74) is 0. The van der Waals surface area contributed by atoms with Crippen LogP contribution < -0.4 is 5.32 Å². The minimum Gasteiger partial charge on any atom is -0.340 e. The van der Waals surface area contributed by atoms with Gasteiger partial charge in [0, 0.05) is 37.3 Å². The number of nitrogens with one attached hydrogen (secondary N) is 1. The predicted octanol–water partition coefficient (Wildman–Crippen LogP) is 1.37. The molecule has 15 heavy (non-hydrogen) atoms. The average molecular weight is 253 g/mol. The van der Waals surface area contributed by atoms with Gasteiger partial charge < -0.3 is 10.2 Å². The SMILES string of the molecule is CSCCC(=O)N1CC(C)NC(C)C1.Cl. The molecule has 0 spiro atoms. The van der Waals surface area contributed by atoms with Gasteiger partial charge in [-0.3, -0.25) is 4.79 Å². The summed E-state index contributed by atoms with van der Waals surface area (Å²) < 4.78 is 0. The number of hydrogen-bond acceptors (Lipinski definition) is 3. The molecule has 0 aliphatic carbocycles. The summed E-state index contributed by atoms with van der Waals surface area (Å²) in [5, 5.41) is 3.42. The van der Waals surface area contributed by atoms with Crippen molar-refractivity contribution in [2.24, 2.45) is 0 Å². The summed E-state index contributed by atoms with van der Waals surface area (Å²) in [6, 6.07) is 0.856. The van der Waals surface area contributed by atoms with Crippen molar-refractivity contribution in [3.8, 4) is 0 Å². The van der Waals surface area contributed by atoms with Crippen molar-refractivity contribution in [2.45, 2.75) is 32.4 Å². The average Bonchev–Trinajstić information content (AvgIpc) is 2.12. The third kappa shape index (κ3) is 5.09. The van der Waals surface area contributed by atoms with Gasteiger partial charge in [0.15, 0.2) is 0 Å². The van der Waals surface area contributed by atoms with Crippen LogP contribution in [-0.2, 0) is 4.79 Å². The summed E-state index contributed by atoms with van der Waals surface area (Å²) in [4.78, 5) is 13.7. The standard InChI is InChI=1S/C10H20N2OS.ClH/c1-8-6-12(7-9(2)11-8)10(13)4-5-14-3;/h8-9,11H,4-7H2,1-3H3;1H. The van der Waals surface area contributed by atoms with Gasteiger partial charge in [-0.25, -0.2) is 0 Å². The predicted molar refractivity (Wildman–Crippen MR) is 68.9 cm³/mol. The lowest BCUT2D eigenvalue weighted by Gasteiger charge is -2.36. The Morgan fingerprint density at radius 1 is 1.40 bits per heavy atom. The van der Waals surface area contributed by atoms with Crippen LogP contribution in [0.25, 0.3) is 0 Å². The molecule has 1 aliphatic heterocycles.